The zero-order chi connectivity index (χ0) is 15.5. The number of nitrogens with one attached hydrogen (secondary N) is 1. The molecule has 0 bridgehead atoms. The van der Waals surface area contributed by atoms with Gasteiger partial charge in [-0.25, -0.2) is 4.39 Å². The summed E-state index contributed by atoms with van der Waals surface area (Å²) in [6.45, 7) is 0.00477. The van der Waals surface area contributed by atoms with E-state index in [2.05, 4.69) is 26.0 Å². The van der Waals surface area contributed by atoms with Crippen LogP contribution in [0.15, 0.2) is 46.9 Å². The molecular weight excluding hydrogens is 354 g/mol. The molecule has 0 fully saturated rings. The standard InChI is InChI=1S/C14H10BrF4NO/c15-10-5-6-12(11(16)7-10)20-8-9-3-1-2-4-13(9)21-14(17,18)19/h1-7,20H,8H2. The molecule has 0 aliphatic rings. The minimum absolute atomic E-state index is 0.00477. The first-order valence-corrected chi connectivity index (χ1v) is 6.67. The maximum atomic E-state index is 13.6. The number of para-hydroxylation sites is 1. The predicted molar refractivity (Wildman–Crippen MR) is 74.6 cm³/mol. The minimum atomic E-state index is -4.76. The number of benzene rings is 2. The van der Waals surface area contributed by atoms with Crippen LogP contribution in [0.3, 0.4) is 0 Å². The second-order valence-corrected chi connectivity index (χ2v) is 5.05. The van der Waals surface area contributed by atoms with Gasteiger partial charge in [-0.3, -0.25) is 0 Å². The van der Waals surface area contributed by atoms with E-state index in [9.17, 15) is 17.6 Å². The van der Waals surface area contributed by atoms with E-state index in [0.717, 1.165) is 0 Å². The lowest BCUT2D eigenvalue weighted by Gasteiger charge is -2.14. The number of halogens is 5. The molecule has 0 unspecified atom stereocenters. The Balaban J connectivity index is 2.13. The Hall–Kier alpha value is -1.76. The molecule has 0 amide bonds. The van der Waals surface area contributed by atoms with Gasteiger partial charge in [0.15, 0.2) is 0 Å². The Morgan fingerprint density at radius 2 is 1.81 bits per heavy atom. The highest BCUT2D eigenvalue weighted by Gasteiger charge is 2.31. The van der Waals surface area contributed by atoms with Crippen LogP contribution in [0.2, 0.25) is 0 Å². The van der Waals surface area contributed by atoms with E-state index in [0.29, 0.717) is 4.47 Å². The molecule has 0 heterocycles. The molecule has 112 valence electrons. The summed E-state index contributed by atoms with van der Waals surface area (Å²) in [6, 6.07) is 10.1. The van der Waals surface area contributed by atoms with Crippen LogP contribution in [-0.2, 0) is 6.54 Å². The highest BCUT2D eigenvalue weighted by molar-refractivity contribution is 9.10. The third-order valence-corrected chi connectivity index (χ3v) is 3.09. The minimum Gasteiger partial charge on any atom is -0.405 e. The second-order valence-electron chi connectivity index (χ2n) is 4.13. The Morgan fingerprint density at radius 3 is 2.48 bits per heavy atom. The van der Waals surface area contributed by atoms with Crippen molar-refractivity contribution in [1.82, 2.24) is 0 Å². The number of ether oxygens (including phenoxy) is 1. The maximum absolute atomic E-state index is 13.6. The average molecular weight is 364 g/mol. The van der Waals surface area contributed by atoms with Gasteiger partial charge in [-0.05, 0) is 24.3 Å². The van der Waals surface area contributed by atoms with Crippen molar-refractivity contribution in [3.63, 3.8) is 0 Å². The van der Waals surface area contributed by atoms with Crippen molar-refractivity contribution in [2.45, 2.75) is 12.9 Å². The van der Waals surface area contributed by atoms with Crippen molar-refractivity contribution in [3.05, 3.63) is 58.3 Å². The highest BCUT2D eigenvalue weighted by Crippen LogP contribution is 2.27. The molecule has 0 spiro atoms. The fourth-order valence-corrected chi connectivity index (χ4v) is 2.03. The van der Waals surface area contributed by atoms with E-state index in [1.165, 1.54) is 30.3 Å². The van der Waals surface area contributed by atoms with Gasteiger partial charge < -0.3 is 10.1 Å². The number of hydrogen-bond donors (Lipinski definition) is 1. The van der Waals surface area contributed by atoms with Gasteiger partial charge in [0.2, 0.25) is 0 Å². The smallest absolute Gasteiger partial charge is 0.405 e. The zero-order valence-electron chi connectivity index (χ0n) is 10.5. The summed E-state index contributed by atoms with van der Waals surface area (Å²) < 4.78 is 55.0. The molecule has 0 aromatic heterocycles. The number of anilines is 1. The highest BCUT2D eigenvalue weighted by atomic mass is 79.9. The second kappa shape index (κ2) is 6.34. The zero-order valence-corrected chi connectivity index (χ0v) is 12.1. The Bertz CT molecular complexity index is 631. The molecule has 2 aromatic rings. The predicted octanol–water partition coefficient (Wildman–Crippen LogP) is 5.10. The molecule has 7 heteroatoms. The third-order valence-electron chi connectivity index (χ3n) is 2.60. The van der Waals surface area contributed by atoms with E-state index < -0.39 is 12.2 Å². The molecule has 2 rings (SSSR count). The van der Waals surface area contributed by atoms with E-state index in [4.69, 9.17) is 0 Å². The van der Waals surface area contributed by atoms with Gasteiger partial charge in [0.1, 0.15) is 11.6 Å². The topological polar surface area (TPSA) is 21.3 Å². The van der Waals surface area contributed by atoms with Gasteiger partial charge >= 0.3 is 6.36 Å². The van der Waals surface area contributed by atoms with Crippen LogP contribution in [0.5, 0.6) is 5.75 Å². The summed E-state index contributed by atoms with van der Waals surface area (Å²) in [7, 11) is 0. The van der Waals surface area contributed by atoms with Crippen LogP contribution < -0.4 is 10.1 Å². The Morgan fingerprint density at radius 1 is 1.10 bits per heavy atom. The van der Waals surface area contributed by atoms with Crippen LogP contribution in [0.25, 0.3) is 0 Å². The first kappa shape index (κ1) is 15.6. The molecule has 21 heavy (non-hydrogen) atoms. The largest absolute Gasteiger partial charge is 0.573 e. The van der Waals surface area contributed by atoms with E-state index in [1.807, 2.05) is 0 Å². The fourth-order valence-electron chi connectivity index (χ4n) is 1.70. The lowest BCUT2D eigenvalue weighted by molar-refractivity contribution is -0.274. The van der Waals surface area contributed by atoms with E-state index in [-0.39, 0.29) is 23.5 Å². The number of hydrogen-bond acceptors (Lipinski definition) is 2. The molecular formula is C14H10BrF4NO. The summed E-state index contributed by atoms with van der Waals surface area (Å²) in [6.07, 6.45) is -4.76. The average Bonchev–Trinajstić information content (AvgIpc) is 2.37. The van der Waals surface area contributed by atoms with Gasteiger partial charge in [0.25, 0.3) is 0 Å². The maximum Gasteiger partial charge on any atom is 0.573 e. The van der Waals surface area contributed by atoms with Gasteiger partial charge in [0, 0.05) is 16.6 Å². The quantitative estimate of drug-likeness (QED) is 0.763. The van der Waals surface area contributed by atoms with Crippen molar-refractivity contribution < 1.29 is 22.3 Å². The molecule has 0 aliphatic carbocycles. The van der Waals surface area contributed by atoms with Gasteiger partial charge in [-0.2, -0.15) is 0 Å². The number of rotatable bonds is 4. The monoisotopic (exact) mass is 363 g/mol. The van der Waals surface area contributed by atoms with Crippen molar-refractivity contribution in [2.75, 3.05) is 5.32 Å². The molecule has 1 N–H and O–H groups in total. The van der Waals surface area contributed by atoms with Gasteiger partial charge in [0.05, 0.1) is 5.69 Å². The van der Waals surface area contributed by atoms with Gasteiger partial charge in [-0.1, -0.05) is 34.1 Å². The van der Waals surface area contributed by atoms with Crippen LogP contribution in [0, 0.1) is 5.82 Å². The van der Waals surface area contributed by atoms with E-state index >= 15 is 0 Å². The molecule has 0 radical (unpaired) electrons. The van der Waals surface area contributed by atoms with Crippen molar-refractivity contribution in [1.29, 1.82) is 0 Å². The summed E-state index contributed by atoms with van der Waals surface area (Å²) in [5, 5.41) is 2.74. The first-order valence-electron chi connectivity index (χ1n) is 5.88. The van der Waals surface area contributed by atoms with Crippen molar-refractivity contribution in [3.8, 4) is 5.75 Å². The molecule has 2 aromatic carbocycles. The molecule has 0 saturated heterocycles. The van der Waals surface area contributed by atoms with Crippen molar-refractivity contribution in [2.24, 2.45) is 0 Å². The SMILES string of the molecule is Fc1cc(Br)ccc1NCc1ccccc1OC(F)(F)F. The summed E-state index contributed by atoms with van der Waals surface area (Å²) in [5.41, 5.74) is 0.470. The molecule has 0 aliphatic heterocycles. The van der Waals surface area contributed by atoms with Crippen molar-refractivity contribution >= 4 is 21.6 Å². The van der Waals surface area contributed by atoms with Gasteiger partial charge in [-0.15, -0.1) is 13.2 Å². The van der Waals surface area contributed by atoms with Crippen LogP contribution in [0.1, 0.15) is 5.56 Å². The summed E-state index contributed by atoms with van der Waals surface area (Å²) in [5.74, 6) is -0.811. The van der Waals surface area contributed by atoms with E-state index in [1.54, 1.807) is 12.1 Å². The lowest BCUT2D eigenvalue weighted by atomic mass is 10.2. The Labute approximate surface area is 126 Å². The normalized spacial score (nSPS) is 11.3. The number of alkyl halides is 3. The van der Waals surface area contributed by atoms with Crippen LogP contribution in [-0.4, -0.2) is 6.36 Å². The fraction of sp³-hybridized carbons (Fsp3) is 0.143. The first-order chi connectivity index (χ1) is 9.85. The molecule has 0 atom stereocenters. The molecule has 0 saturated carbocycles. The molecule has 2 nitrogen and oxygen atoms in total. The van der Waals surface area contributed by atoms with Crippen LogP contribution >= 0.6 is 15.9 Å². The lowest BCUT2D eigenvalue weighted by Crippen LogP contribution is -2.18. The Kier molecular flexibility index (Phi) is 4.72. The third kappa shape index (κ3) is 4.63. The summed E-state index contributed by atoms with van der Waals surface area (Å²) in [4.78, 5) is 0. The summed E-state index contributed by atoms with van der Waals surface area (Å²) >= 11 is 3.12. The van der Waals surface area contributed by atoms with Crippen LogP contribution in [0.4, 0.5) is 23.2 Å².